The van der Waals surface area contributed by atoms with E-state index in [1.807, 2.05) is 36.0 Å². The number of carbonyl (C=O) groups is 1. The molecule has 0 fully saturated rings. The van der Waals surface area contributed by atoms with Crippen molar-refractivity contribution in [2.24, 2.45) is 0 Å². The molecule has 1 aromatic heterocycles. The van der Waals surface area contributed by atoms with E-state index < -0.39 is 0 Å². The van der Waals surface area contributed by atoms with E-state index in [2.05, 4.69) is 31.2 Å². The molecule has 5 nitrogen and oxygen atoms in total. The molecule has 2 aromatic carbocycles. The summed E-state index contributed by atoms with van der Waals surface area (Å²) in [5.74, 6) is 0.743. The van der Waals surface area contributed by atoms with Crippen molar-refractivity contribution in [2.45, 2.75) is 32.7 Å². The lowest BCUT2D eigenvalue weighted by Crippen LogP contribution is -2.27. The minimum atomic E-state index is -0.0464. The number of hydrogen-bond donors (Lipinski definition) is 0. The van der Waals surface area contributed by atoms with Crippen molar-refractivity contribution in [1.82, 2.24) is 14.7 Å². The van der Waals surface area contributed by atoms with Crippen LogP contribution in [0.25, 0.3) is 5.69 Å². The van der Waals surface area contributed by atoms with E-state index in [9.17, 15) is 4.79 Å². The molecule has 0 radical (unpaired) electrons. The van der Waals surface area contributed by atoms with Gasteiger partial charge in [-0.2, -0.15) is 5.10 Å². The van der Waals surface area contributed by atoms with E-state index in [1.54, 1.807) is 12.0 Å². The van der Waals surface area contributed by atoms with Gasteiger partial charge in [-0.15, -0.1) is 0 Å². The summed E-state index contributed by atoms with van der Waals surface area (Å²) < 4.78 is 7.37. The minimum absolute atomic E-state index is 0.0464. The smallest absolute Gasteiger partial charge is 0.274 e. The van der Waals surface area contributed by atoms with Crippen molar-refractivity contribution in [3.63, 3.8) is 0 Å². The fraction of sp³-hybridized carbons (Fsp3) is 0.304. The number of ether oxygens (including phenoxy) is 1. The van der Waals surface area contributed by atoms with Gasteiger partial charge in [0.05, 0.1) is 12.8 Å². The van der Waals surface area contributed by atoms with Crippen LogP contribution in [0.4, 0.5) is 0 Å². The van der Waals surface area contributed by atoms with Gasteiger partial charge >= 0.3 is 0 Å². The van der Waals surface area contributed by atoms with Crippen molar-refractivity contribution in [1.29, 1.82) is 0 Å². The molecule has 144 valence electrons. The number of methoxy groups -OCH3 is 1. The Kier molecular flexibility index (Phi) is 4.90. The summed E-state index contributed by atoms with van der Waals surface area (Å²) in [6.45, 7) is 2.55. The Bertz CT molecular complexity index is 1010. The predicted octanol–water partition coefficient (Wildman–Crippen LogP) is 3.95. The Morgan fingerprint density at radius 1 is 1.14 bits per heavy atom. The number of fused-ring (bicyclic) bond motifs is 1. The highest BCUT2D eigenvalue weighted by atomic mass is 16.5. The third-order valence-corrected chi connectivity index (χ3v) is 5.36. The normalized spacial score (nSPS) is 12.7. The van der Waals surface area contributed by atoms with Crippen molar-refractivity contribution in [3.8, 4) is 11.4 Å². The van der Waals surface area contributed by atoms with Crippen LogP contribution in [0, 0.1) is 6.92 Å². The molecule has 0 atom stereocenters. The number of hydrogen-bond acceptors (Lipinski definition) is 3. The zero-order valence-corrected chi connectivity index (χ0v) is 16.6. The predicted molar refractivity (Wildman–Crippen MR) is 109 cm³/mol. The van der Waals surface area contributed by atoms with Crippen molar-refractivity contribution in [3.05, 3.63) is 76.6 Å². The number of benzene rings is 2. The first-order chi connectivity index (χ1) is 13.6. The van der Waals surface area contributed by atoms with Gasteiger partial charge in [0.2, 0.25) is 0 Å². The number of para-hydroxylation sites is 1. The van der Waals surface area contributed by atoms with Gasteiger partial charge < -0.3 is 9.64 Å². The van der Waals surface area contributed by atoms with E-state index >= 15 is 0 Å². The molecule has 1 amide bonds. The monoisotopic (exact) mass is 375 g/mol. The van der Waals surface area contributed by atoms with Crippen molar-refractivity contribution < 1.29 is 9.53 Å². The highest BCUT2D eigenvalue weighted by molar-refractivity contribution is 5.94. The molecule has 0 saturated carbocycles. The zero-order chi connectivity index (χ0) is 19.7. The molecule has 0 unspecified atom stereocenters. The molecule has 0 spiro atoms. The highest BCUT2D eigenvalue weighted by Crippen LogP contribution is 2.29. The quantitative estimate of drug-likeness (QED) is 0.678. The van der Waals surface area contributed by atoms with E-state index in [0.29, 0.717) is 12.2 Å². The number of rotatable bonds is 5. The van der Waals surface area contributed by atoms with Crippen LogP contribution in [0.3, 0.4) is 0 Å². The summed E-state index contributed by atoms with van der Waals surface area (Å²) in [4.78, 5) is 14.9. The number of carbonyl (C=O) groups excluding carboxylic acids is 1. The first-order valence-electron chi connectivity index (χ1n) is 9.63. The van der Waals surface area contributed by atoms with Crippen LogP contribution >= 0.6 is 0 Å². The Morgan fingerprint density at radius 2 is 1.89 bits per heavy atom. The summed E-state index contributed by atoms with van der Waals surface area (Å²) in [5, 5.41) is 4.73. The zero-order valence-electron chi connectivity index (χ0n) is 16.6. The molecule has 0 N–H and O–H groups in total. The molecule has 4 rings (SSSR count). The van der Waals surface area contributed by atoms with Gasteiger partial charge in [-0.05, 0) is 44.4 Å². The van der Waals surface area contributed by atoms with Gasteiger partial charge in [0, 0.05) is 30.4 Å². The Labute approximate surface area is 165 Å². The third-order valence-electron chi connectivity index (χ3n) is 5.36. The second-order valence-corrected chi connectivity index (χ2v) is 7.35. The summed E-state index contributed by atoms with van der Waals surface area (Å²) in [6, 6.07) is 16.1. The van der Waals surface area contributed by atoms with Gasteiger partial charge in [-0.1, -0.05) is 35.9 Å². The molecule has 3 aromatic rings. The number of amides is 1. The standard InChI is InChI=1S/C23H25N3O2/c1-16-11-13-18(14-12-16)26-20-9-6-8-19(20)22(24-26)23(27)25(2)15-17-7-4-5-10-21(17)28-3/h4-5,7,10-14H,6,8-9,15H2,1-3H3. The van der Waals surface area contributed by atoms with Gasteiger partial charge in [-0.3, -0.25) is 4.79 Å². The molecule has 0 aliphatic heterocycles. The van der Waals surface area contributed by atoms with Crippen LogP contribution in [0.5, 0.6) is 5.75 Å². The second-order valence-electron chi connectivity index (χ2n) is 7.35. The van der Waals surface area contributed by atoms with Crippen LogP contribution in [-0.4, -0.2) is 34.7 Å². The largest absolute Gasteiger partial charge is 0.496 e. The van der Waals surface area contributed by atoms with Crippen LogP contribution < -0.4 is 4.74 Å². The molecule has 1 heterocycles. The first-order valence-corrected chi connectivity index (χ1v) is 9.63. The van der Waals surface area contributed by atoms with Gasteiger partial charge in [-0.25, -0.2) is 4.68 Å². The lowest BCUT2D eigenvalue weighted by molar-refractivity contribution is 0.0777. The van der Waals surface area contributed by atoms with Crippen LogP contribution in [0.1, 0.15) is 39.3 Å². The number of aryl methyl sites for hydroxylation is 1. The van der Waals surface area contributed by atoms with Crippen LogP contribution in [0.2, 0.25) is 0 Å². The maximum Gasteiger partial charge on any atom is 0.274 e. The molecular formula is C23H25N3O2. The van der Waals surface area contributed by atoms with E-state index in [0.717, 1.165) is 47.5 Å². The van der Waals surface area contributed by atoms with E-state index in [-0.39, 0.29) is 5.91 Å². The average molecular weight is 375 g/mol. The summed E-state index contributed by atoms with van der Waals surface area (Å²) in [6.07, 6.45) is 2.93. The van der Waals surface area contributed by atoms with Gasteiger partial charge in [0.25, 0.3) is 5.91 Å². The van der Waals surface area contributed by atoms with Gasteiger partial charge in [0.15, 0.2) is 5.69 Å². The second kappa shape index (κ2) is 7.50. The fourth-order valence-corrected chi connectivity index (χ4v) is 3.85. The van der Waals surface area contributed by atoms with E-state index in [4.69, 9.17) is 9.84 Å². The fourth-order valence-electron chi connectivity index (χ4n) is 3.85. The first kappa shape index (κ1) is 18.3. The Balaban J connectivity index is 1.64. The highest BCUT2D eigenvalue weighted by Gasteiger charge is 2.28. The molecular weight excluding hydrogens is 350 g/mol. The lowest BCUT2D eigenvalue weighted by Gasteiger charge is -2.18. The molecule has 1 aliphatic rings. The molecule has 28 heavy (non-hydrogen) atoms. The molecule has 0 saturated heterocycles. The van der Waals surface area contributed by atoms with Crippen molar-refractivity contribution >= 4 is 5.91 Å². The molecule has 1 aliphatic carbocycles. The number of aromatic nitrogens is 2. The number of nitrogens with zero attached hydrogens (tertiary/aromatic N) is 3. The topological polar surface area (TPSA) is 47.4 Å². The minimum Gasteiger partial charge on any atom is -0.496 e. The molecule has 5 heteroatoms. The van der Waals surface area contributed by atoms with Crippen LogP contribution in [-0.2, 0) is 19.4 Å². The Morgan fingerprint density at radius 3 is 2.64 bits per heavy atom. The van der Waals surface area contributed by atoms with Crippen LogP contribution in [0.15, 0.2) is 48.5 Å². The van der Waals surface area contributed by atoms with Crippen molar-refractivity contribution in [2.75, 3.05) is 14.2 Å². The Hall–Kier alpha value is -3.08. The summed E-state index contributed by atoms with van der Waals surface area (Å²) >= 11 is 0. The maximum absolute atomic E-state index is 13.2. The van der Waals surface area contributed by atoms with E-state index in [1.165, 1.54) is 5.56 Å². The lowest BCUT2D eigenvalue weighted by atomic mass is 10.1. The summed E-state index contributed by atoms with van der Waals surface area (Å²) in [7, 11) is 3.47. The average Bonchev–Trinajstić information content (AvgIpc) is 3.31. The maximum atomic E-state index is 13.2. The molecule has 0 bridgehead atoms. The third kappa shape index (κ3) is 3.28. The SMILES string of the molecule is COc1ccccc1CN(C)C(=O)c1nn(-c2ccc(C)cc2)c2c1CCC2. The van der Waals surface area contributed by atoms with Gasteiger partial charge in [0.1, 0.15) is 5.75 Å². The summed E-state index contributed by atoms with van der Waals surface area (Å²) in [5.41, 5.74) is 6.03.